The molecule has 0 aromatic carbocycles. The molecule has 0 saturated carbocycles. The Kier molecular flexibility index (Phi) is 3.85. The maximum absolute atomic E-state index is 10.4. The number of carboxylic acid groups (broad SMARTS) is 1. The first-order chi connectivity index (χ1) is 7.04. The van der Waals surface area contributed by atoms with Crippen LogP contribution in [0.2, 0.25) is 0 Å². The van der Waals surface area contributed by atoms with Crippen LogP contribution in [-0.4, -0.2) is 32.1 Å². The van der Waals surface area contributed by atoms with E-state index in [-0.39, 0.29) is 6.42 Å². The predicted octanol–water partition coefficient (Wildman–Crippen LogP) is 0.842. The Morgan fingerprint density at radius 3 is 2.87 bits per heavy atom. The smallest absolute Gasteiger partial charge is 0.332 e. The minimum absolute atomic E-state index is 0.0543. The number of hydrogen-bond acceptors (Lipinski definition) is 3. The lowest BCUT2D eigenvalue weighted by Crippen LogP contribution is -2.22. The molecule has 1 rings (SSSR count). The molecule has 0 aliphatic rings. The summed E-state index contributed by atoms with van der Waals surface area (Å²) in [6, 6.07) is 2.03. The summed E-state index contributed by atoms with van der Waals surface area (Å²) in [5, 5.41) is 21.9. The van der Waals surface area contributed by atoms with Gasteiger partial charge in [-0.25, -0.2) is 4.79 Å². The van der Waals surface area contributed by atoms with E-state index < -0.39 is 12.1 Å². The van der Waals surface area contributed by atoms with Gasteiger partial charge in [0.2, 0.25) is 0 Å². The van der Waals surface area contributed by atoms with Gasteiger partial charge in [0, 0.05) is 18.7 Å². The van der Waals surface area contributed by atoms with Crippen LogP contribution >= 0.6 is 0 Å². The molecule has 0 saturated heterocycles. The van der Waals surface area contributed by atoms with Crippen molar-refractivity contribution in [3.63, 3.8) is 0 Å². The van der Waals surface area contributed by atoms with Crippen molar-refractivity contribution < 1.29 is 15.0 Å². The molecule has 0 bridgehead atoms. The molecule has 1 aromatic heterocycles. The zero-order chi connectivity index (χ0) is 11.4. The van der Waals surface area contributed by atoms with E-state index in [1.165, 1.54) is 0 Å². The summed E-state index contributed by atoms with van der Waals surface area (Å²) < 4.78 is 1.78. The molecular formula is C10H16N2O3. The van der Waals surface area contributed by atoms with Crippen molar-refractivity contribution in [3.8, 4) is 0 Å². The molecular weight excluding hydrogens is 196 g/mol. The third-order valence-electron chi connectivity index (χ3n) is 2.39. The highest BCUT2D eigenvalue weighted by molar-refractivity contribution is 5.72. The summed E-state index contributed by atoms with van der Waals surface area (Å²) >= 11 is 0. The number of aliphatic carboxylic acids is 1. The minimum Gasteiger partial charge on any atom is -0.479 e. The van der Waals surface area contributed by atoms with Crippen molar-refractivity contribution in [3.05, 3.63) is 18.0 Å². The van der Waals surface area contributed by atoms with Gasteiger partial charge in [-0.15, -0.1) is 0 Å². The van der Waals surface area contributed by atoms with Crippen molar-refractivity contribution >= 4 is 5.97 Å². The van der Waals surface area contributed by atoms with Gasteiger partial charge < -0.3 is 10.2 Å². The van der Waals surface area contributed by atoms with Gasteiger partial charge in [-0.2, -0.15) is 5.10 Å². The van der Waals surface area contributed by atoms with Crippen LogP contribution in [0.25, 0.3) is 0 Å². The van der Waals surface area contributed by atoms with Crippen molar-refractivity contribution in [2.75, 3.05) is 0 Å². The number of carboxylic acids is 1. The number of aliphatic hydroxyl groups is 1. The third-order valence-corrected chi connectivity index (χ3v) is 2.39. The minimum atomic E-state index is -1.37. The molecule has 5 heteroatoms. The zero-order valence-corrected chi connectivity index (χ0v) is 8.92. The van der Waals surface area contributed by atoms with E-state index in [0.29, 0.717) is 11.7 Å². The molecule has 15 heavy (non-hydrogen) atoms. The largest absolute Gasteiger partial charge is 0.479 e. The highest BCUT2D eigenvalue weighted by atomic mass is 16.4. The second kappa shape index (κ2) is 4.93. The van der Waals surface area contributed by atoms with Crippen LogP contribution in [0.4, 0.5) is 0 Å². The highest BCUT2D eigenvalue weighted by Gasteiger charge is 2.15. The van der Waals surface area contributed by atoms with Crippen LogP contribution in [0, 0.1) is 0 Å². The van der Waals surface area contributed by atoms with Crippen LogP contribution < -0.4 is 0 Å². The van der Waals surface area contributed by atoms with Gasteiger partial charge in [0.1, 0.15) is 0 Å². The first-order valence-corrected chi connectivity index (χ1v) is 4.99. The maximum Gasteiger partial charge on any atom is 0.332 e. The topological polar surface area (TPSA) is 75.4 Å². The summed E-state index contributed by atoms with van der Waals surface area (Å²) in [5.41, 5.74) is 0.602. The number of rotatable bonds is 5. The summed E-state index contributed by atoms with van der Waals surface area (Å²) in [7, 11) is 0. The van der Waals surface area contributed by atoms with Gasteiger partial charge >= 0.3 is 5.97 Å². The fourth-order valence-corrected chi connectivity index (χ4v) is 1.20. The van der Waals surface area contributed by atoms with Crippen LogP contribution in [0.1, 0.15) is 32.0 Å². The second-order valence-electron chi connectivity index (χ2n) is 3.60. The number of carbonyl (C=O) groups is 1. The second-order valence-corrected chi connectivity index (χ2v) is 3.60. The standard InChI is InChI=1S/C10H16N2O3/c1-3-7(2)12-5-4-8(11-12)6-9(13)10(14)15/h4-5,7,9,13H,3,6H2,1-2H3,(H,14,15). The van der Waals surface area contributed by atoms with E-state index in [1.807, 2.05) is 6.92 Å². The van der Waals surface area contributed by atoms with E-state index in [9.17, 15) is 4.79 Å². The van der Waals surface area contributed by atoms with Gasteiger partial charge in [-0.05, 0) is 19.4 Å². The van der Waals surface area contributed by atoms with E-state index in [4.69, 9.17) is 10.2 Å². The molecule has 0 spiro atoms. The fourth-order valence-electron chi connectivity index (χ4n) is 1.20. The molecule has 1 aromatic rings. The zero-order valence-electron chi connectivity index (χ0n) is 8.92. The molecule has 84 valence electrons. The number of hydrogen-bond donors (Lipinski definition) is 2. The van der Waals surface area contributed by atoms with E-state index in [0.717, 1.165) is 6.42 Å². The quantitative estimate of drug-likeness (QED) is 0.758. The van der Waals surface area contributed by atoms with Crippen molar-refractivity contribution in [1.82, 2.24) is 9.78 Å². The monoisotopic (exact) mass is 212 g/mol. The molecule has 0 aliphatic heterocycles. The summed E-state index contributed by atoms with van der Waals surface area (Å²) in [4.78, 5) is 10.4. The first kappa shape index (κ1) is 11.7. The Labute approximate surface area is 88.3 Å². The number of nitrogens with zero attached hydrogens (tertiary/aromatic N) is 2. The van der Waals surface area contributed by atoms with E-state index >= 15 is 0 Å². The fraction of sp³-hybridized carbons (Fsp3) is 0.600. The van der Waals surface area contributed by atoms with Crippen molar-refractivity contribution in [1.29, 1.82) is 0 Å². The predicted molar refractivity (Wildman–Crippen MR) is 54.6 cm³/mol. The Balaban J connectivity index is 2.64. The van der Waals surface area contributed by atoms with Crippen molar-refractivity contribution in [2.45, 2.75) is 38.8 Å². The lowest BCUT2D eigenvalue weighted by atomic mass is 10.2. The maximum atomic E-state index is 10.4. The normalized spacial score (nSPS) is 14.9. The van der Waals surface area contributed by atoms with E-state index in [1.54, 1.807) is 16.9 Å². The van der Waals surface area contributed by atoms with Crippen molar-refractivity contribution in [2.24, 2.45) is 0 Å². The molecule has 0 aliphatic carbocycles. The Morgan fingerprint density at radius 2 is 2.33 bits per heavy atom. The lowest BCUT2D eigenvalue weighted by molar-refractivity contribution is -0.146. The molecule has 0 amide bonds. The number of aliphatic hydroxyl groups excluding tert-OH is 1. The Hall–Kier alpha value is -1.36. The van der Waals surface area contributed by atoms with Gasteiger partial charge in [-0.1, -0.05) is 6.92 Å². The van der Waals surface area contributed by atoms with Gasteiger partial charge in [-0.3, -0.25) is 4.68 Å². The van der Waals surface area contributed by atoms with Crippen LogP contribution in [0.15, 0.2) is 12.3 Å². The van der Waals surface area contributed by atoms with Crippen LogP contribution in [0.3, 0.4) is 0 Å². The first-order valence-electron chi connectivity index (χ1n) is 4.99. The SMILES string of the molecule is CCC(C)n1ccc(CC(O)C(=O)O)n1. The van der Waals surface area contributed by atoms with Crippen LogP contribution in [0.5, 0.6) is 0 Å². The summed E-state index contributed by atoms with van der Waals surface area (Å²) in [6.45, 7) is 4.09. The third kappa shape index (κ3) is 3.06. The Morgan fingerprint density at radius 1 is 1.67 bits per heavy atom. The molecule has 1 heterocycles. The molecule has 0 radical (unpaired) electrons. The van der Waals surface area contributed by atoms with E-state index in [2.05, 4.69) is 12.0 Å². The molecule has 5 nitrogen and oxygen atoms in total. The average molecular weight is 212 g/mol. The average Bonchev–Trinajstić information content (AvgIpc) is 2.65. The lowest BCUT2D eigenvalue weighted by Gasteiger charge is -2.08. The molecule has 2 atom stereocenters. The van der Waals surface area contributed by atoms with Gasteiger partial charge in [0.25, 0.3) is 0 Å². The van der Waals surface area contributed by atoms with Crippen LogP contribution in [-0.2, 0) is 11.2 Å². The molecule has 2 N–H and O–H groups in total. The Bertz CT molecular complexity index is 335. The molecule has 0 fully saturated rings. The van der Waals surface area contributed by atoms with Gasteiger partial charge in [0.15, 0.2) is 6.10 Å². The molecule has 2 unspecified atom stereocenters. The summed E-state index contributed by atoms with van der Waals surface area (Å²) in [6.07, 6.45) is 1.45. The highest BCUT2D eigenvalue weighted by Crippen LogP contribution is 2.10. The number of aromatic nitrogens is 2. The summed E-state index contributed by atoms with van der Waals surface area (Å²) in [5.74, 6) is -1.21. The van der Waals surface area contributed by atoms with Gasteiger partial charge in [0.05, 0.1) is 5.69 Å².